The van der Waals surface area contributed by atoms with Gasteiger partial charge in [0.2, 0.25) is 0 Å². The van der Waals surface area contributed by atoms with Crippen molar-refractivity contribution in [1.82, 2.24) is 0 Å². The van der Waals surface area contributed by atoms with Gasteiger partial charge in [0.1, 0.15) is 0 Å². The van der Waals surface area contributed by atoms with E-state index in [0.717, 1.165) is 22.3 Å². The number of hydrogen-bond donors (Lipinski definition) is 1. The van der Waals surface area contributed by atoms with Gasteiger partial charge in [-0.3, -0.25) is 0 Å². The van der Waals surface area contributed by atoms with Gasteiger partial charge in [-0.15, -0.1) is 0 Å². The van der Waals surface area contributed by atoms with E-state index in [1.165, 1.54) is 5.56 Å². The fraction of sp³-hybridized carbons (Fsp3) is 0.188. The molecule has 5 heteroatoms. The molecular weight excluding hydrogens is 529 g/mol. The first-order valence-corrected chi connectivity index (χ1v) is 15.3. The van der Waals surface area contributed by atoms with Crippen molar-refractivity contribution in [2.75, 3.05) is 0 Å². The molecule has 1 N–H and O–H groups in total. The van der Waals surface area contributed by atoms with Crippen LogP contribution in [-0.4, -0.2) is 11.1 Å². The number of aromatic carboxylic acids is 1. The molecule has 0 radical (unpaired) electrons. The quantitative estimate of drug-likeness (QED) is 0.489. The predicted molar refractivity (Wildman–Crippen MR) is 101 cm³/mol. The summed E-state index contributed by atoms with van der Waals surface area (Å²) in [6, 6.07) is 11.7. The normalized spacial score (nSPS) is 9.57. The molecule has 0 saturated heterocycles. The molecular formula is C16H16I2O2V. The first-order chi connectivity index (χ1) is 9.90. The third-order valence-electron chi connectivity index (χ3n) is 3.12. The summed E-state index contributed by atoms with van der Waals surface area (Å²) in [6.07, 6.45) is 0. The number of benzene rings is 2. The van der Waals surface area contributed by atoms with Gasteiger partial charge < -0.3 is 5.11 Å². The zero-order valence-corrected chi connectivity index (χ0v) is 17.7. The molecule has 0 spiro atoms. The van der Waals surface area contributed by atoms with Crippen molar-refractivity contribution in [3.63, 3.8) is 0 Å². The van der Waals surface area contributed by atoms with Crippen molar-refractivity contribution in [2.45, 2.75) is 20.8 Å². The molecule has 0 aliphatic carbocycles. The van der Waals surface area contributed by atoms with Crippen LogP contribution in [0.25, 0.3) is 11.1 Å². The standard InChI is InChI=1S/C16H16O2.2HI.V/c1-10-4-6-13(7-5-10)15-11(2)8-14(16(17)18)9-12(15)3;;;/h4-9H,1-3H3,(H,17,18);2*1H;/q;;;+2/p-2. The number of hydrogen-bond acceptors (Lipinski definition) is 1. The zero-order chi connectivity index (χ0) is 16.0. The van der Waals surface area contributed by atoms with E-state index in [4.69, 9.17) is 5.11 Å². The molecule has 0 atom stereocenters. The van der Waals surface area contributed by atoms with E-state index in [0.29, 0.717) is 15.0 Å². The molecule has 2 aromatic carbocycles. The van der Waals surface area contributed by atoms with Crippen LogP contribution < -0.4 is 0 Å². The van der Waals surface area contributed by atoms with Crippen molar-refractivity contribution >= 4 is 45.9 Å². The van der Waals surface area contributed by atoms with Crippen LogP contribution in [0.2, 0.25) is 0 Å². The summed E-state index contributed by atoms with van der Waals surface area (Å²) in [7, 11) is 0.628. The molecule has 0 fully saturated rings. The summed E-state index contributed by atoms with van der Waals surface area (Å²) in [5, 5.41) is 9.03. The number of halogens is 2. The molecule has 2 aromatic rings. The van der Waals surface area contributed by atoms with Crippen LogP contribution in [0.15, 0.2) is 36.4 Å². The minimum atomic E-state index is -0.878. The van der Waals surface area contributed by atoms with Gasteiger partial charge in [-0.25, -0.2) is 4.79 Å². The second-order valence-corrected chi connectivity index (χ2v) is 16.5. The van der Waals surface area contributed by atoms with Crippen LogP contribution in [0.5, 0.6) is 0 Å². The molecule has 2 nitrogen and oxygen atoms in total. The monoisotopic (exact) mass is 545 g/mol. The van der Waals surface area contributed by atoms with Gasteiger partial charge in [-0.1, -0.05) is 29.8 Å². The Morgan fingerprint density at radius 3 is 1.81 bits per heavy atom. The first kappa shape index (κ1) is 19.0. The van der Waals surface area contributed by atoms with Crippen LogP contribution in [0.3, 0.4) is 0 Å². The Hall–Kier alpha value is -0.0456. The summed E-state index contributed by atoms with van der Waals surface area (Å²) < 4.78 is 0. The van der Waals surface area contributed by atoms with Gasteiger partial charge in [0, 0.05) is 0 Å². The molecule has 0 unspecified atom stereocenters. The Kier molecular flexibility index (Phi) is 8.30. The minimum absolute atomic E-state index is 0.348. The molecule has 2 rings (SSSR count). The molecule has 0 heterocycles. The summed E-state index contributed by atoms with van der Waals surface area (Å²) in [6.45, 7) is 5.96. The van der Waals surface area contributed by atoms with E-state index in [1.54, 1.807) is 12.1 Å². The Morgan fingerprint density at radius 2 is 1.43 bits per heavy atom. The van der Waals surface area contributed by atoms with E-state index in [1.807, 2.05) is 13.8 Å². The third kappa shape index (κ3) is 5.58. The average molecular weight is 545 g/mol. The van der Waals surface area contributed by atoms with Crippen LogP contribution in [-0.2, 0) is 9.47 Å². The first-order valence-electron chi connectivity index (χ1n) is 6.24. The van der Waals surface area contributed by atoms with Crippen molar-refractivity contribution in [2.24, 2.45) is 0 Å². The summed E-state index contributed by atoms with van der Waals surface area (Å²) in [5.74, 6) is -0.878. The van der Waals surface area contributed by atoms with Crippen molar-refractivity contribution in [3.8, 4) is 11.1 Å². The van der Waals surface area contributed by atoms with Crippen molar-refractivity contribution in [1.29, 1.82) is 0 Å². The van der Waals surface area contributed by atoms with E-state index in [2.05, 4.69) is 71.1 Å². The SMILES string of the molecule is Cc1ccc(-c2c(C)cc(C(=O)O)cc2C)cc1.[I][V][I]. The number of aryl methyl sites for hydroxylation is 3. The Balaban J connectivity index is 0.000000677. The molecule has 111 valence electrons. The zero-order valence-electron chi connectivity index (χ0n) is 12.0. The van der Waals surface area contributed by atoms with Crippen LogP contribution in [0.4, 0.5) is 0 Å². The molecule has 0 saturated carbocycles. The second-order valence-electron chi connectivity index (χ2n) is 4.72. The molecule has 0 amide bonds. The molecule has 0 aliphatic rings. The third-order valence-corrected chi connectivity index (χ3v) is 3.12. The van der Waals surface area contributed by atoms with Crippen LogP contribution in [0, 0.1) is 20.8 Å². The van der Waals surface area contributed by atoms with E-state index in [-0.39, 0.29) is 0 Å². The average Bonchev–Trinajstić information content (AvgIpc) is 2.41. The predicted octanol–water partition coefficient (Wildman–Crippen LogP) is 5.75. The molecule has 0 aliphatic heterocycles. The maximum atomic E-state index is 11.0. The number of rotatable bonds is 2. The van der Waals surface area contributed by atoms with Crippen molar-refractivity contribution < 1.29 is 19.4 Å². The maximum absolute atomic E-state index is 11.0. The van der Waals surface area contributed by atoms with Crippen LogP contribution in [0.1, 0.15) is 27.0 Å². The van der Waals surface area contributed by atoms with E-state index >= 15 is 0 Å². The fourth-order valence-electron chi connectivity index (χ4n) is 2.26. The Morgan fingerprint density at radius 1 is 1.00 bits per heavy atom. The van der Waals surface area contributed by atoms with Gasteiger partial charge in [0.05, 0.1) is 5.56 Å². The Bertz CT molecular complexity index is 602. The van der Waals surface area contributed by atoms with E-state index < -0.39 is 5.97 Å². The number of carbonyl (C=O) groups is 1. The topological polar surface area (TPSA) is 37.3 Å². The second kappa shape index (κ2) is 9.17. The molecule has 0 aromatic heterocycles. The van der Waals surface area contributed by atoms with Gasteiger partial charge in [0.25, 0.3) is 0 Å². The number of carboxylic acid groups (broad SMARTS) is 1. The summed E-state index contributed by atoms with van der Waals surface area (Å²) >= 11 is 4.74. The number of carboxylic acids is 1. The van der Waals surface area contributed by atoms with Gasteiger partial charge in [-0.05, 0) is 55.2 Å². The summed E-state index contributed by atoms with van der Waals surface area (Å²) in [4.78, 5) is 11.0. The van der Waals surface area contributed by atoms with Gasteiger partial charge >= 0.3 is 55.4 Å². The Labute approximate surface area is 154 Å². The summed E-state index contributed by atoms with van der Waals surface area (Å²) in [5.41, 5.74) is 5.82. The van der Waals surface area contributed by atoms with Crippen LogP contribution >= 0.6 is 40.0 Å². The van der Waals surface area contributed by atoms with E-state index in [9.17, 15) is 4.79 Å². The van der Waals surface area contributed by atoms with Gasteiger partial charge in [-0.2, -0.15) is 0 Å². The molecule has 0 bridgehead atoms. The fourth-order valence-corrected chi connectivity index (χ4v) is 2.26. The van der Waals surface area contributed by atoms with Gasteiger partial charge in [0.15, 0.2) is 0 Å². The molecule has 21 heavy (non-hydrogen) atoms. The van der Waals surface area contributed by atoms with Crippen molar-refractivity contribution in [3.05, 3.63) is 58.7 Å².